The molecule has 0 bridgehead atoms. The quantitative estimate of drug-likeness (QED) is 0.674. The zero-order valence-electron chi connectivity index (χ0n) is 15.4. The van der Waals surface area contributed by atoms with Gasteiger partial charge in [-0.15, -0.1) is 0 Å². The van der Waals surface area contributed by atoms with Crippen LogP contribution in [0.5, 0.6) is 5.75 Å². The zero-order valence-corrected chi connectivity index (χ0v) is 15.4. The van der Waals surface area contributed by atoms with E-state index in [1.807, 2.05) is 42.5 Å². The second kappa shape index (κ2) is 7.95. The first-order valence-corrected chi connectivity index (χ1v) is 8.60. The highest BCUT2D eigenvalue weighted by molar-refractivity contribution is 5.97. The predicted octanol–water partition coefficient (Wildman–Crippen LogP) is 3.61. The third kappa shape index (κ3) is 3.95. The van der Waals surface area contributed by atoms with Crippen LogP contribution < -0.4 is 10.1 Å². The third-order valence-electron chi connectivity index (χ3n) is 4.33. The summed E-state index contributed by atoms with van der Waals surface area (Å²) < 4.78 is 16.1. The topological polar surface area (TPSA) is 77.8 Å². The molecule has 0 aliphatic heterocycles. The summed E-state index contributed by atoms with van der Waals surface area (Å²) in [5.41, 5.74) is 2.13. The van der Waals surface area contributed by atoms with E-state index in [9.17, 15) is 9.59 Å². The van der Waals surface area contributed by atoms with Crippen molar-refractivity contribution in [2.75, 3.05) is 7.11 Å². The van der Waals surface area contributed by atoms with Gasteiger partial charge >= 0.3 is 5.97 Å². The van der Waals surface area contributed by atoms with Crippen LogP contribution in [0.1, 0.15) is 28.6 Å². The van der Waals surface area contributed by atoms with E-state index in [1.54, 1.807) is 20.1 Å². The first-order chi connectivity index (χ1) is 13.0. The van der Waals surface area contributed by atoms with E-state index in [0.717, 1.165) is 10.9 Å². The highest BCUT2D eigenvalue weighted by Gasteiger charge is 2.24. The molecule has 1 heterocycles. The maximum absolute atomic E-state index is 12.4. The van der Waals surface area contributed by atoms with Gasteiger partial charge in [0.15, 0.2) is 6.10 Å². The smallest absolute Gasteiger partial charge is 0.375 e. The summed E-state index contributed by atoms with van der Waals surface area (Å²) in [5, 5.41) is 3.59. The van der Waals surface area contributed by atoms with Gasteiger partial charge in [0.05, 0.1) is 7.11 Å². The molecule has 0 unspecified atom stereocenters. The number of carbonyl (C=O) groups excluding carboxylic acids is 2. The number of hydrogen-bond acceptors (Lipinski definition) is 5. The van der Waals surface area contributed by atoms with Crippen molar-refractivity contribution in [1.82, 2.24) is 5.32 Å². The molecule has 0 saturated carbocycles. The van der Waals surface area contributed by atoms with Gasteiger partial charge in [-0.1, -0.05) is 36.4 Å². The number of amides is 1. The van der Waals surface area contributed by atoms with Crippen molar-refractivity contribution in [3.8, 4) is 5.75 Å². The van der Waals surface area contributed by atoms with E-state index < -0.39 is 18.0 Å². The Morgan fingerprint density at radius 2 is 1.81 bits per heavy atom. The molecule has 1 N–H and O–H groups in total. The van der Waals surface area contributed by atoms with Crippen LogP contribution >= 0.6 is 0 Å². The normalized spacial score (nSPS) is 11.8. The molecule has 27 heavy (non-hydrogen) atoms. The van der Waals surface area contributed by atoms with Crippen molar-refractivity contribution in [3.05, 3.63) is 65.4 Å². The minimum absolute atomic E-state index is 0.112. The maximum atomic E-state index is 12.4. The lowest BCUT2D eigenvalue weighted by atomic mass is 10.1. The van der Waals surface area contributed by atoms with Gasteiger partial charge in [-0.2, -0.15) is 0 Å². The van der Waals surface area contributed by atoms with Gasteiger partial charge in [0.1, 0.15) is 11.3 Å². The minimum Gasteiger partial charge on any atom is -0.496 e. The Labute approximate surface area is 157 Å². The molecular formula is C21H21NO5. The fourth-order valence-electron chi connectivity index (χ4n) is 2.81. The van der Waals surface area contributed by atoms with E-state index in [-0.39, 0.29) is 12.3 Å². The van der Waals surface area contributed by atoms with Gasteiger partial charge in [0.25, 0.3) is 5.91 Å². The number of aryl methyl sites for hydroxylation is 1. The number of ether oxygens (including phenoxy) is 2. The average molecular weight is 367 g/mol. The first-order valence-electron chi connectivity index (χ1n) is 8.60. The number of fused-ring (bicyclic) bond motifs is 1. The summed E-state index contributed by atoms with van der Waals surface area (Å²) >= 11 is 0. The zero-order chi connectivity index (χ0) is 19.4. The number of furan rings is 1. The van der Waals surface area contributed by atoms with E-state index in [2.05, 4.69) is 5.32 Å². The number of carbonyl (C=O) groups is 2. The van der Waals surface area contributed by atoms with Crippen LogP contribution in [0, 0.1) is 6.92 Å². The highest BCUT2D eigenvalue weighted by atomic mass is 16.6. The number of methoxy groups -OCH3 is 1. The Balaban J connectivity index is 1.63. The lowest BCUT2D eigenvalue weighted by molar-refractivity contribution is -0.129. The summed E-state index contributed by atoms with van der Waals surface area (Å²) in [6.07, 6.45) is -0.959. The molecule has 0 fully saturated rings. The second-order valence-electron chi connectivity index (χ2n) is 6.13. The number of para-hydroxylation sites is 2. The average Bonchev–Trinajstić information content (AvgIpc) is 3.03. The largest absolute Gasteiger partial charge is 0.496 e. The summed E-state index contributed by atoms with van der Waals surface area (Å²) in [7, 11) is 1.57. The molecule has 1 aromatic heterocycles. The van der Waals surface area contributed by atoms with Crippen molar-refractivity contribution in [3.63, 3.8) is 0 Å². The Morgan fingerprint density at radius 3 is 2.56 bits per heavy atom. The number of rotatable bonds is 6. The van der Waals surface area contributed by atoms with Crippen molar-refractivity contribution in [2.24, 2.45) is 0 Å². The molecule has 2 aromatic carbocycles. The summed E-state index contributed by atoms with van der Waals surface area (Å²) in [6, 6.07) is 14.7. The molecule has 1 amide bonds. The molecular weight excluding hydrogens is 346 g/mol. The van der Waals surface area contributed by atoms with Crippen LogP contribution in [-0.2, 0) is 16.1 Å². The van der Waals surface area contributed by atoms with Gasteiger partial charge in [0, 0.05) is 23.1 Å². The molecule has 0 aliphatic rings. The van der Waals surface area contributed by atoms with Gasteiger partial charge in [-0.3, -0.25) is 4.79 Å². The molecule has 0 spiro atoms. The molecule has 140 valence electrons. The van der Waals surface area contributed by atoms with Crippen LogP contribution in [-0.4, -0.2) is 25.1 Å². The van der Waals surface area contributed by atoms with E-state index in [0.29, 0.717) is 16.9 Å². The molecule has 6 heteroatoms. The van der Waals surface area contributed by atoms with E-state index in [4.69, 9.17) is 13.9 Å². The van der Waals surface area contributed by atoms with E-state index in [1.165, 1.54) is 6.92 Å². The minimum atomic E-state index is -0.959. The number of benzene rings is 2. The molecule has 6 nitrogen and oxygen atoms in total. The van der Waals surface area contributed by atoms with Crippen molar-refractivity contribution in [1.29, 1.82) is 0 Å². The van der Waals surface area contributed by atoms with E-state index >= 15 is 0 Å². The van der Waals surface area contributed by atoms with Crippen molar-refractivity contribution < 1.29 is 23.5 Å². The van der Waals surface area contributed by atoms with Crippen LogP contribution in [0.2, 0.25) is 0 Å². The monoisotopic (exact) mass is 367 g/mol. The van der Waals surface area contributed by atoms with Gasteiger partial charge in [0.2, 0.25) is 5.76 Å². The van der Waals surface area contributed by atoms with Gasteiger partial charge < -0.3 is 19.2 Å². The molecule has 3 aromatic rings. The summed E-state index contributed by atoms with van der Waals surface area (Å²) in [5.74, 6) is -0.271. The maximum Gasteiger partial charge on any atom is 0.375 e. The number of nitrogens with one attached hydrogen (secondary N) is 1. The number of hydrogen-bond donors (Lipinski definition) is 1. The van der Waals surface area contributed by atoms with Gasteiger partial charge in [-0.05, 0) is 26.0 Å². The van der Waals surface area contributed by atoms with Crippen LogP contribution in [0.25, 0.3) is 11.0 Å². The fraction of sp³-hybridized carbons (Fsp3) is 0.238. The molecule has 1 atom stereocenters. The van der Waals surface area contributed by atoms with Crippen LogP contribution in [0.3, 0.4) is 0 Å². The lowest BCUT2D eigenvalue weighted by Crippen LogP contribution is -2.35. The standard InChI is InChI=1S/C21H21NO5/c1-13-16-9-5-7-11-18(16)27-19(13)21(24)26-14(2)20(23)22-12-15-8-4-6-10-17(15)25-3/h4-11,14H,12H2,1-3H3,(H,22,23)/t14-/m1/s1. The first kappa shape index (κ1) is 18.5. The van der Waals surface area contributed by atoms with Crippen molar-refractivity contribution >= 4 is 22.8 Å². The Morgan fingerprint density at radius 1 is 1.11 bits per heavy atom. The van der Waals surface area contributed by atoms with Crippen molar-refractivity contribution in [2.45, 2.75) is 26.5 Å². The van der Waals surface area contributed by atoms with Crippen LogP contribution in [0.15, 0.2) is 52.9 Å². The second-order valence-corrected chi connectivity index (χ2v) is 6.13. The Bertz CT molecular complexity index is 976. The molecule has 0 radical (unpaired) electrons. The SMILES string of the molecule is COc1ccccc1CNC(=O)[C@@H](C)OC(=O)c1oc2ccccc2c1C. The number of esters is 1. The lowest BCUT2D eigenvalue weighted by Gasteiger charge is -2.14. The summed E-state index contributed by atoms with van der Waals surface area (Å²) in [4.78, 5) is 24.7. The fourth-order valence-corrected chi connectivity index (χ4v) is 2.81. The van der Waals surface area contributed by atoms with Gasteiger partial charge in [-0.25, -0.2) is 4.79 Å². The predicted molar refractivity (Wildman–Crippen MR) is 101 cm³/mol. The third-order valence-corrected chi connectivity index (χ3v) is 4.33. The Hall–Kier alpha value is -3.28. The Kier molecular flexibility index (Phi) is 5.45. The molecule has 3 rings (SSSR count). The molecule has 0 saturated heterocycles. The molecule has 0 aliphatic carbocycles. The highest BCUT2D eigenvalue weighted by Crippen LogP contribution is 2.25. The van der Waals surface area contributed by atoms with Crippen LogP contribution in [0.4, 0.5) is 0 Å². The summed E-state index contributed by atoms with van der Waals surface area (Å²) in [6.45, 7) is 3.58.